The van der Waals surface area contributed by atoms with Crippen LogP contribution in [0, 0.1) is 0 Å². The summed E-state index contributed by atoms with van der Waals surface area (Å²) in [5.41, 5.74) is 0.993. The maximum atomic E-state index is 11.3. The van der Waals surface area contributed by atoms with Gasteiger partial charge in [-0.2, -0.15) is 0 Å². The van der Waals surface area contributed by atoms with Crippen LogP contribution < -0.4 is 4.74 Å². The van der Waals surface area contributed by atoms with E-state index in [1.807, 2.05) is 26.0 Å². The number of carbonyl (C=O) groups is 1. The van der Waals surface area contributed by atoms with E-state index < -0.39 is 5.97 Å². The van der Waals surface area contributed by atoms with E-state index >= 15 is 0 Å². The Bertz CT molecular complexity index is 687. The van der Waals surface area contributed by atoms with Gasteiger partial charge in [0.1, 0.15) is 11.3 Å². The number of ether oxygens (including phenoxy) is 1. The lowest BCUT2D eigenvalue weighted by atomic mass is 10.0. The van der Waals surface area contributed by atoms with E-state index in [2.05, 4.69) is 36.8 Å². The quantitative estimate of drug-likeness (QED) is 0.744. The number of aromatic nitrogens is 1. The molecule has 110 valence electrons. The van der Waals surface area contributed by atoms with Crippen molar-refractivity contribution in [2.24, 2.45) is 0 Å². The molecule has 1 heterocycles. The van der Waals surface area contributed by atoms with Crippen LogP contribution in [0.3, 0.4) is 0 Å². The summed E-state index contributed by atoms with van der Waals surface area (Å²) in [4.78, 5) is 15.3. The summed E-state index contributed by atoms with van der Waals surface area (Å²) in [6.07, 6.45) is 1.51. The molecular formula is C15H13Br2NO3. The Labute approximate surface area is 139 Å². The molecule has 4 nitrogen and oxygen atoms in total. The molecule has 1 aromatic heterocycles. The van der Waals surface area contributed by atoms with Crippen LogP contribution in [0.5, 0.6) is 11.6 Å². The largest absolute Gasteiger partial charge is 0.477 e. The highest BCUT2D eigenvalue weighted by Gasteiger charge is 2.17. The summed E-state index contributed by atoms with van der Waals surface area (Å²) in [5, 5.41) is 9.24. The Hall–Kier alpha value is -1.40. The minimum absolute atomic E-state index is 0.0157. The fraction of sp³-hybridized carbons (Fsp3) is 0.200. The molecule has 0 amide bonds. The molecule has 0 spiro atoms. The molecule has 0 atom stereocenters. The zero-order chi connectivity index (χ0) is 15.6. The first-order valence-electron chi connectivity index (χ1n) is 6.24. The Morgan fingerprint density at radius 2 is 1.95 bits per heavy atom. The minimum atomic E-state index is -1.08. The fourth-order valence-electron chi connectivity index (χ4n) is 1.83. The van der Waals surface area contributed by atoms with Crippen LogP contribution in [-0.4, -0.2) is 16.1 Å². The van der Waals surface area contributed by atoms with Crippen molar-refractivity contribution in [2.45, 2.75) is 19.8 Å². The predicted molar refractivity (Wildman–Crippen MR) is 87.2 cm³/mol. The van der Waals surface area contributed by atoms with Crippen molar-refractivity contribution in [2.75, 3.05) is 0 Å². The van der Waals surface area contributed by atoms with Gasteiger partial charge in [-0.25, -0.2) is 9.78 Å². The minimum Gasteiger partial charge on any atom is -0.477 e. The lowest BCUT2D eigenvalue weighted by Gasteiger charge is -2.14. The number of pyridine rings is 1. The molecule has 21 heavy (non-hydrogen) atoms. The number of benzene rings is 1. The summed E-state index contributed by atoms with van der Waals surface area (Å²) < 4.78 is 7.27. The van der Waals surface area contributed by atoms with Gasteiger partial charge in [0.2, 0.25) is 5.88 Å². The molecular weight excluding hydrogens is 402 g/mol. The highest BCUT2D eigenvalue weighted by atomic mass is 79.9. The molecule has 0 aliphatic rings. The van der Waals surface area contributed by atoms with Gasteiger partial charge in [0.05, 0.1) is 0 Å². The third-order valence-electron chi connectivity index (χ3n) is 2.85. The van der Waals surface area contributed by atoms with Crippen molar-refractivity contribution in [3.05, 3.63) is 50.5 Å². The molecule has 1 N–H and O–H groups in total. The molecule has 6 heteroatoms. The standard InChI is InChI=1S/C15H13Br2NO3/c1-8(2)11-5-9(16)3-4-13(11)21-14-12(15(19)20)6-10(17)7-18-14/h3-8H,1-2H3,(H,19,20). The molecule has 0 aliphatic heterocycles. The van der Waals surface area contributed by atoms with Gasteiger partial charge in [-0.3, -0.25) is 0 Å². The molecule has 0 saturated heterocycles. The number of carboxylic acids is 1. The predicted octanol–water partition coefficient (Wildman–Crippen LogP) is 5.22. The van der Waals surface area contributed by atoms with Gasteiger partial charge in [-0.15, -0.1) is 0 Å². The highest BCUT2D eigenvalue weighted by molar-refractivity contribution is 9.10. The number of hydrogen-bond acceptors (Lipinski definition) is 3. The number of aromatic carboxylic acids is 1. The number of rotatable bonds is 4. The van der Waals surface area contributed by atoms with Gasteiger partial charge < -0.3 is 9.84 Å². The van der Waals surface area contributed by atoms with E-state index in [-0.39, 0.29) is 17.4 Å². The van der Waals surface area contributed by atoms with E-state index in [4.69, 9.17) is 4.74 Å². The average molecular weight is 415 g/mol. The first kappa shape index (κ1) is 16.0. The van der Waals surface area contributed by atoms with Crippen LogP contribution in [0.25, 0.3) is 0 Å². The molecule has 2 aromatic rings. The summed E-state index contributed by atoms with van der Waals surface area (Å²) in [6, 6.07) is 7.08. The van der Waals surface area contributed by atoms with E-state index in [9.17, 15) is 9.90 Å². The maximum absolute atomic E-state index is 11.3. The molecule has 0 saturated carbocycles. The third kappa shape index (κ3) is 3.83. The Morgan fingerprint density at radius 1 is 1.24 bits per heavy atom. The van der Waals surface area contributed by atoms with Crippen molar-refractivity contribution in [1.29, 1.82) is 0 Å². The number of nitrogens with zero attached hydrogens (tertiary/aromatic N) is 1. The monoisotopic (exact) mass is 413 g/mol. The van der Waals surface area contributed by atoms with Gasteiger partial charge >= 0.3 is 5.97 Å². The normalized spacial score (nSPS) is 10.7. The second kappa shape index (κ2) is 6.58. The Kier molecular flexibility index (Phi) is 5.00. The van der Waals surface area contributed by atoms with Crippen LogP contribution in [0.15, 0.2) is 39.4 Å². The van der Waals surface area contributed by atoms with Crippen molar-refractivity contribution in [3.63, 3.8) is 0 Å². The summed E-state index contributed by atoms with van der Waals surface area (Å²) >= 11 is 6.64. The molecule has 0 unspecified atom stereocenters. The van der Waals surface area contributed by atoms with Crippen LogP contribution in [-0.2, 0) is 0 Å². The van der Waals surface area contributed by atoms with E-state index in [1.54, 1.807) is 6.07 Å². The first-order valence-corrected chi connectivity index (χ1v) is 7.83. The summed E-state index contributed by atoms with van der Waals surface area (Å²) in [6.45, 7) is 4.09. The van der Waals surface area contributed by atoms with E-state index in [0.717, 1.165) is 10.0 Å². The van der Waals surface area contributed by atoms with Crippen molar-refractivity contribution >= 4 is 37.8 Å². The van der Waals surface area contributed by atoms with Gasteiger partial charge in [0, 0.05) is 15.1 Å². The number of carboxylic acid groups (broad SMARTS) is 1. The van der Waals surface area contributed by atoms with Crippen molar-refractivity contribution in [1.82, 2.24) is 4.98 Å². The van der Waals surface area contributed by atoms with Crippen LogP contribution in [0.1, 0.15) is 35.7 Å². The lowest BCUT2D eigenvalue weighted by molar-refractivity contribution is 0.0693. The van der Waals surface area contributed by atoms with Crippen LogP contribution in [0.4, 0.5) is 0 Å². The summed E-state index contributed by atoms with van der Waals surface area (Å²) in [5.74, 6) is -0.163. The Balaban J connectivity index is 2.46. The second-order valence-electron chi connectivity index (χ2n) is 4.75. The van der Waals surface area contributed by atoms with E-state index in [0.29, 0.717) is 10.2 Å². The van der Waals surface area contributed by atoms with Crippen molar-refractivity contribution in [3.8, 4) is 11.6 Å². The zero-order valence-corrected chi connectivity index (χ0v) is 14.6. The van der Waals surface area contributed by atoms with Gasteiger partial charge in [0.15, 0.2) is 0 Å². The van der Waals surface area contributed by atoms with E-state index in [1.165, 1.54) is 12.3 Å². The average Bonchev–Trinajstić information content (AvgIpc) is 2.42. The molecule has 0 radical (unpaired) electrons. The molecule has 2 rings (SSSR count). The molecule has 1 aromatic carbocycles. The zero-order valence-electron chi connectivity index (χ0n) is 11.4. The third-order valence-corrected chi connectivity index (χ3v) is 3.78. The van der Waals surface area contributed by atoms with Crippen LogP contribution in [0.2, 0.25) is 0 Å². The lowest BCUT2D eigenvalue weighted by Crippen LogP contribution is -2.03. The smallest absolute Gasteiger partial charge is 0.341 e. The van der Waals surface area contributed by atoms with Crippen LogP contribution >= 0.6 is 31.9 Å². The Morgan fingerprint density at radius 3 is 2.57 bits per heavy atom. The second-order valence-corrected chi connectivity index (χ2v) is 6.58. The number of hydrogen-bond donors (Lipinski definition) is 1. The topological polar surface area (TPSA) is 59.4 Å². The molecule has 0 fully saturated rings. The van der Waals surface area contributed by atoms with Gasteiger partial charge in [0.25, 0.3) is 0 Å². The SMILES string of the molecule is CC(C)c1cc(Br)ccc1Oc1ncc(Br)cc1C(=O)O. The molecule has 0 aliphatic carbocycles. The molecule has 0 bridgehead atoms. The first-order chi connectivity index (χ1) is 9.88. The summed E-state index contributed by atoms with van der Waals surface area (Å²) in [7, 11) is 0. The van der Waals surface area contributed by atoms with Gasteiger partial charge in [-0.1, -0.05) is 29.8 Å². The van der Waals surface area contributed by atoms with Crippen molar-refractivity contribution < 1.29 is 14.6 Å². The van der Waals surface area contributed by atoms with Gasteiger partial charge in [-0.05, 0) is 51.7 Å². The maximum Gasteiger partial charge on any atom is 0.341 e. The highest BCUT2D eigenvalue weighted by Crippen LogP contribution is 2.33. The number of halogens is 2. The fourth-order valence-corrected chi connectivity index (χ4v) is 2.54.